The second-order valence-corrected chi connectivity index (χ2v) is 5.38. The molecule has 0 aromatic heterocycles. The normalized spacial score (nSPS) is 28.1. The second kappa shape index (κ2) is 3.78. The molecule has 3 nitrogen and oxygen atoms in total. The van der Waals surface area contributed by atoms with Crippen LogP contribution in [-0.4, -0.2) is 29.1 Å². The Bertz CT molecular complexity index is 258. The van der Waals surface area contributed by atoms with E-state index in [9.17, 15) is 4.79 Å². The lowest BCUT2D eigenvalue weighted by atomic mass is 10.2. The van der Waals surface area contributed by atoms with Crippen LogP contribution in [0.2, 0.25) is 0 Å². The fourth-order valence-corrected chi connectivity index (χ4v) is 2.46. The molecule has 1 saturated carbocycles. The summed E-state index contributed by atoms with van der Waals surface area (Å²) in [7, 11) is 0. The zero-order valence-corrected chi connectivity index (χ0v) is 10.0. The van der Waals surface area contributed by atoms with Gasteiger partial charge in [0, 0.05) is 6.54 Å². The van der Waals surface area contributed by atoms with Crippen molar-refractivity contribution in [3.8, 4) is 0 Å². The first-order valence-corrected chi connectivity index (χ1v) is 6.18. The molecule has 2 aliphatic rings. The Balaban J connectivity index is 2.06. The topological polar surface area (TPSA) is 32.3 Å². The van der Waals surface area contributed by atoms with Gasteiger partial charge >= 0.3 is 0 Å². The van der Waals surface area contributed by atoms with Crippen LogP contribution in [0.3, 0.4) is 0 Å². The van der Waals surface area contributed by atoms with Crippen molar-refractivity contribution in [2.75, 3.05) is 6.54 Å². The molecule has 3 heteroatoms. The van der Waals surface area contributed by atoms with E-state index in [1.54, 1.807) is 0 Å². The molecule has 1 heterocycles. The van der Waals surface area contributed by atoms with Crippen LogP contribution in [0.1, 0.15) is 46.5 Å². The van der Waals surface area contributed by atoms with Gasteiger partial charge in [-0.1, -0.05) is 27.2 Å². The molecular weight excluding hydrogens is 188 g/mol. The van der Waals surface area contributed by atoms with Gasteiger partial charge in [0.2, 0.25) is 5.91 Å². The van der Waals surface area contributed by atoms with Gasteiger partial charge in [0.25, 0.3) is 0 Å². The van der Waals surface area contributed by atoms with Gasteiger partial charge in [-0.05, 0) is 25.2 Å². The van der Waals surface area contributed by atoms with Crippen molar-refractivity contribution in [2.24, 2.45) is 5.92 Å². The Labute approximate surface area is 92.2 Å². The average Bonchev–Trinajstić information content (AvgIpc) is 2.89. The Morgan fingerprint density at radius 2 is 2.20 bits per heavy atom. The van der Waals surface area contributed by atoms with Gasteiger partial charge in [-0.15, -0.1) is 0 Å². The maximum absolute atomic E-state index is 12.2. The summed E-state index contributed by atoms with van der Waals surface area (Å²) in [5.41, 5.74) is -0.130. The number of carbonyl (C=O) groups excluding carboxylic acids is 1. The lowest BCUT2D eigenvalue weighted by Gasteiger charge is -2.25. The van der Waals surface area contributed by atoms with E-state index in [4.69, 9.17) is 0 Å². The molecule has 0 aromatic carbocycles. The van der Waals surface area contributed by atoms with Crippen LogP contribution in [0.15, 0.2) is 0 Å². The van der Waals surface area contributed by atoms with Gasteiger partial charge in [0.1, 0.15) is 0 Å². The van der Waals surface area contributed by atoms with E-state index in [1.807, 2.05) is 0 Å². The lowest BCUT2D eigenvalue weighted by Crippen LogP contribution is -2.39. The van der Waals surface area contributed by atoms with E-state index in [1.165, 1.54) is 0 Å². The highest BCUT2D eigenvalue weighted by Crippen LogP contribution is 2.42. The molecule has 1 aliphatic heterocycles. The molecule has 0 radical (unpaired) electrons. The number of amides is 1. The van der Waals surface area contributed by atoms with Crippen molar-refractivity contribution in [3.63, 3.8) is 0 Å². The minimum absolute atomic E-state index is 0.130. The maximum atomic E-state index is 12.2. The van der Waals surface area contributed by atoms with E-state index in [0.717, 1.165) is 32.2 Å². The molecule has 1 amide bonds. The number of nitrogens with one attached hydrogen (secondary N) is 1. The van der Waals surface area contributed by atoms with Crippen LogP contribution in [0.25, 0.3) is 0 Å². The molecule has 2 rings (SSSR count). The standard InChI is InChI=1S/C12H22N2O/c1-4-5-10-13-12(6-7-12)11(15)14(10)8-9(2)3/h9-10,13H,4-8H2,1-3H3. The molecule has 86 valence electrons. The molecular formula is C12H22N2O. The largest absolute Gasteiger partial charge is 0.325 e. The minimum Gasteiger partial charge on any atom is -0.325 e. The van der Waals surface area contributed by atoms with Crippen LogP contribution in [0, 0.1) is 5.92 Å². The van der Waals surface area contributed by atoms with Crippen LogP contribution in [0.5, 0.6) is 0 Å². The van der Waals surface area contributed by atoms with E-state index in [0.29, 0.717) is 18.0 Å². The number of nitrogens with zero attached hydrogens (tertiary/aromatic N) is 1. The summed E-state index contributed by atoms with van der Waals surface area (Å²) in [6.45, 7) is 7.43. The summed E-state index contributed by atoms with van der Waals surface area (Å²) >= 11 is 0. The van der Waals surface area contributed by atoms with Crippen molar-refractivity contribution >= 4 is 5.91 Å². The third kappa shape index (κ3) is 1.89. The number of rotatable bonds is 4. The van der Waals surface area contributed by atoms with Crippen molar-refractivity contribution in [3.05, 3.63) is 0 Å². The Kier molecular flexibility index (Phi) is 2.75. The van der Waals surface area contributed by atoms with Crippen LogP contribution >= 0.6 is 0 Å². The Morgan fingerprint density at radius 1 is 1.53 bits per heavy atom. The van der Waals surface area contributed by atoms with Gasteiger partial charge in [0.05, 0.1) is 11.7 Å². The summed E-state index contributed by atoms with van der Waals surface area (Å²) in [4.78, 5) is 14.2. The van der Waals surface area contributed by atoms with Gasteiger partial charge in [-0.2, -0.15) is 0 Å². The highest BCUT2D eigenvalue weighted by molar-refractivity contribution is 5.91. The van der Waals surface area contributed by atoms with E-state index in [-0.39, 0.29) is 5.54 Å². The highest BCUT2D eigenvalue weighted by Gasteiger charge is 2.58. The van der Waals surface area contributed by atoms with Crippen LogP contribution in [-0.2, 0) is 4.79 Å². The van der Waals surface area contributed by atoms with Crippen molar-refractivity contribution in [1.82, 2.24) is 10.2 Å². The maximum Gasteiger partial charge on any atom is 0.244 e. The quantitative estimate of drug-likeness (QED) is 0.766. The molecule has 0 bridgehead atoms. The average molecular weight is 210 g/mol. The molecule has 1 unspecified atom stereocenters. The fraction of sp³-hybridized carbons (Fsp3) is 0.917. The second-order valence-electron chi connectivity index (χ2n) is 5.38. The molecule has 15 heavy (non-hydrogen) atoms. The predicted octanol–water partition coefficient (Wildman–Crippen LogP) is 1.73. The first-order valence-electron chi connectivity index (χ1n) is 6.18. The minimum atomic E-state index is -0.130. The first kappa shape index (κ1) is 10.9. The zero-order valence-electron chi connectivity index (χ0n) is 10.0. The summed E-state index contributed by atoms with van der Waals surface area (Å²) in [6, 6.07) is 0. The molecule has 1 atom stereocenters. The van der Waals surface area contributed by atoms with Gasteiger partial charge in [-0.3, -0.25) is 10.1 Å². The highest BCUT2D eigenvalue weighted by atomic mass is 16.2. The monoisotopic (exact) mass is 210 g/mol. The summed E-state index contributed by atoms with van der Waals surface area (Å²) < 4.78 is 0. The summed E-state index contributed by atoms with van der Waals surface area (Å²) in [5, 5.41) is 3.52. The third-order valence-corrected chi connectivity index (χ3v) is 3.36. The van der Waals surface area contributed by atoms with Crippen molar-refractivity contribution < 1.29 is 4.79 Å². The van der Waals surface area contributed by atoms with Crippen molar-refractivity contribution in [2.45, 2.75) is 58.2 Å². The van der Waals surface area contributed by atoms with E-state index < -0.39 is 0 Å². The summed E-state index contributed by atoms with van der Waals surface area (Å²) in [5.74, 6) is 0.915. The fourth-order valence-electron chi connectivity index (χ4n) is 2.46. The number of hydrogen-bond acceptors (Lipinski definition) is 2. The summed E-state index contributed by atoms with van der Waals surface area (Å²) in [6.07, 6.45) is 4.60. The predicted molar refractivity (Wildman–Crippen MR) is 60.3 cm³/mol. The van der Waals surface area contributed by atoms with Gasteiger partial charge < -0.3 is 4.90 Å². The lowest BCUT2D eigenvalue weighted by molar-refractivity contribution is -0.131. The first-order chi connectivity index (χ1) is 7.09. The molecule has 0 aromatic rings. The molecule has 2 fully saturated rings. The van der Waals surface area contributed by atoms with Crippen molar-refractivity contribution in [1.29, 1.82) is 0 Å². The molecule has 1 saturated heterocycles. The van der Waals surface area contributed by atoms with Crippen LogP contribution in [0.4, 0.5) is 0 Å². The molecule has 1 N–H and O–H groups in total. The third-order valence-electron chi connectivity index (χ3n) is 3.36. The van der Waals surface area contributed by atoms with E-state index in [2.05, 4.69) is 31.0 Å². The number of carbonyl (C=O) groups is 1. The Hall–Kier alpha value is -0.570. The van der Waals surface area contributed by atoms with Crippen LogP contribution < -0.4 is 5.32 Å². The van der Waals surface area contributed by atoms with Gasteiger partial charge in [-0.25, -0.2) is 0 Å². The zero-order chi connectivity index (χ0) is 11.1. The molecule has 1 aliphatic carbocycles. The SMILES string of the molecule is CCCC1NC2(CC2)C(=O)N1CC(C)C. The number of hydrogen-bond donors (Lipinski definition) is 1. The van der Waals surface area contributed by atoms with Gasteiger partial charge in [0.15, 0.2) is 0 Å². The smallest absolute Gasteiger partial charge is 0.244 e. The molecule has 1 spiro atoms. The van der Waals surface area contributed by atoms with E-state index >= 15 is 0 Å². The Morgan fingerprint density at radius 3 is 2.67 bits per heavy atom.